The van der Waals surface area contributed by atoms with Gasteiger partial charge in [0.05, 0.1) is 19.1 Å². The first kappa shape index (κ1) is 18.4. The van der Waals surface area contributed by atoms with Crippen molar-refractivity contribution in [2.24, 2.45) is 5.92 Å². The second kappa shape index (κ2) is 8.29. The number of hydrogen-bond donors (Lipinski definition) is 2. The van der Waals surface area contributed by atoms with Crippen molar-refractivity contribution < 1.29 is 19.4 Å². The predicted molar refractivity (Wildman–Crippen MR) is 96.2 cm³/mol. The van der Waals surface area contributed by atoms with Gasteiger partial charge in [-0.25, -0.2) is 4.98 Å². The Labute approximate surface area is 156 Å². The Bertz CT molecular complexity index is 808. The van der Waals surface area contributed by atoms with E-state index in [9.17, 15) is 14.7 Å². The van der Waals surface area contributed by atoms with E-state index in [1.54, 1.807) is 30.3 Å². The van der Waals surface area contributed by atoms with E-state index in [1.165, 1.54) is 0 Å². The molecular formula is C19H19ClN2O4. The van der Waals surface area contributed by atoms with Crippen LogP contribution in [0.3, 0.4) is 0 Å². The zero-order valence-corrected chi connectivity index (χ0v) is 14.8. The van der Waals surface area contributed by atoms with Crippen LogP contribution in [0.1, 0.15) is 27.3 Å². The van der Waals surface area contributed by atoms with Crippen molar-refractivity contribution in [3.8, 4) is 0 Å². The molecule has 136 valence electrons. The summed E-state index contributed by atoms with van der Waals surface area (Å²) in [4.78, 5) is 28.2. The van der Waals surface area contributed by atoms with Crippen LogP contribution in [0.25, 0.3) is 0 Å². The first-order chi connectivity index (χ1) is 12.5. The van der Waals surface area contributed by atoms with E-state index < -0.39 is 11.9 Å². The minimum absolute atomic E-state index is 0.0265. The lowest BCUT2D eigenvalue weighted by molar-refractivity contribution is -0.141. The average molecular weight is 375 g/mol. The first-order valence-electron chi connectivity index (χ1n) is 8.35. The molecule has 2 aromatic rings. The highest BCUT2D eigenvalue weighted by molar-refractivity contribution is 6.30. The Hall–Kier alpha value is -2.44. The summed E-state index contributed by atoms with van der Waals surface area (Å²) in [6.07, 6.45) is 0.979. The number of hydrogen-bond acceptors (Lipinski definition) is 4. The largest absolute Gasteiger partial charge is 0.481 e. The highest BCUT2D eigenvalue weighted by Gasteiger charge is 2.20. The minimum Gasteiger partial charge on any atom is -0.481 e. The molecule has 0 saturated heterocycles. The lowest BCUT2D eigenvalue weighted by atomic mass is 9.99. The number of aliphatic carboxylic acids is 1. The number of nitrogens with zero attached hydrogens (tertiary/aromatic N) is 1. The SMILES string of the molecule is O=C(NCC(Cc1ccc(Cl)cc1)C(=O)O)c1ccc2c(n1)CCOC2. The molecule has 0 saturated carbocycles. The van der Waals surface area contributed by atoms with E-state index in [2.05, 4.69) is 10.3 Å². The molecule has 0 spiro atoms. The normalized spacial score (nSPS) is 14.3. The number of aromatic nitrogens is 1. The summed E-state index contributed by atoms with van der Waals surface area (Å²) in [5.74, 6) is -2.07. The molecule has 7 heteroatoms. The third kappa shape index (κ3) is 4.59. The van der Waals surface area contributed by atoms with Crippen LogP contribution in [0.15, 0.2) is 36.4 Å². The molecule has 3 rings (SSSR count). The zero-order chi connectivity index (χ0) is 18.5. The summed E-state index contributed by atoms with van der Waals surface area (Å²) in [5, 5.41) is 12.7. The van der Waals surface area contributed by atoms with Gasteiger partial charge in [0.25, 0.3) is 5.91 Å². The summed E-state index contributed by atoms with van der Waals surface area (Å²) >= 11 is 5.84. The smallest absolute Gasteiger partial charge is 0.308 e. The van der Waals surface area contributed by atoms with Gasteiger partial charge in [-0.3, -0.25) is 9.59 Å². The predicted octanol–water partition coefficient (Wildman–Crippen LogP) is 2.48. The number of carboxylic acids is 1. The van der Waals surface area contributed by atoms with Crippen molar-refractivity contribution in [3.63, 3.8) is 0 Å². The van der Waals surface area contributed by atoms with Gasteiger partial charge in [0.2, 0.25) is 0 Å². The summed E-state index contributed by atoms with van der Waals surface area (Å²) in [5.41, 5.74) is 2.99. The number of ether oxygens (including phenoxy) is 1. The van der Waals surface area contributed by atoms with Gasteiger partial charge in [-0.1, -0.05) is 29.8 Å². The topological polar surface area (TPSA) is 88.5 Å². The maximum Gasteiger partial charge on any atom is 0.308 e. The molecule has 26 heavy (non-hydrogen) atoms. The number of fused-ring (bicyclic) bond motifs is 1. The van der Waals surface area contributed by atoms with Crippen LogP contribution in [0.5, 0.6) is 0 Å². The maximum absolute atomic E-state index is 12.3. The molecule has 1 unspecified atom stereocenters. The molecular weight excluding hydrogens is 356 g/mol. The Balaban J connectivity index is 1.62. The van der Waals surface area contributed by atoms with Gasteiger partial charge in [0, 0.05) is 23.7 Å². The van der Waals surface area contributed by atoms with Crippen LogP contribution in [0.4, 0.5) is 0 Å². The van der Waals surface area contributed by atoms with E-state index in [0.29, 0.717) is 36.8 Å². The van der Waals surface area contributed by atoms with E-state index in [0.717, 1.165) is 16.8 Å². The van der Waals surface area contributed by atoms with Crippen LogP contribution in [-0.4, -0.2) is 35.1 Å². The van der Waals surface area contributed by atoms with Gasteiger partial charge >= 0.3 is 5.97 Å². The van der Waals surface area contributed by atoms with Crippen LogP contribution in [-0.2, 0) is 29.0 Å². The molecule has 1 aromatic carbocycles. The quantitative estimate of drug-likeness (QED) is 0.810. The van der Waals surface area contributed by atoms with Crippen molar-refractivity contribution in [3.05, 3.63) is 63.9 Å². The monoisotopic (exact) mass is 374 g/mol. The molecule has 0 bridgehead atoms. The Kier molecular flexibility index (Phi) is 5.85. The van der Waals surface area contributed by atoms with E-state index in [-0.39, 0.29) is 12.5 Å². The lowest BCUT2D eigenvalue weighted by Gasteiger charge is -2.17. The molecule has 1 aromatic heterocycles. The van der Waals surface area contributed by atoms with Crippen LogP contribution >= 0.6 is 11.6 Å². The van der Waals surface area contributed by atoms with E-state index >= 15 is 0 Å². The summed E-state index contributed by atoms with van der Waals surface area (Å²) < 4.78 is 5.35. The second-order valence-corrected chi connectivity index (χ2v) is 6.62. The summed E-state index contributed by atoms with van der Waals surface area (Å²) in [6, 6.07) is 10.5. The number of nitrogens with one attached hydrogen (secondary N) is 1. The third-order valence-corrected chi connectivity index (χ3v) is 4.55. The molecule has 0 radical (unpaired) electrons. The molecule has 6 nitrogen and oxygen atoms in total. The lowest BCUT2D eigenvalue weighted by Crippen LogP contribution is -2.34. The van der Waals surface area contributed by atoms with Gasteiger partial charge < -0.3 is 15.2 Å². The number of benzene rings is 1. The van der Waals surface area contributed by atoms with Gasteiger partial charge in [0.15, 0.2) is 0 Å². The molecule has 1 aliphatic rings. The summed E-state index contributed by atoms with van der Waals surface area (Å²) in [7, 11) is 0. The van der Waals surface area contributed by atoms with Crippen molar-refractivity contribution in [2.75, 3.05) is 13.2 Å². The highest BCUT2D eigenvalue weighted by atomic mass is 35.5. The Morgan fingerprint density at radius 1 is 1.23 bits per heavy atom. The fraction of sp³-hybridized carbons (Fsp3) is 0.316. The van der Waals surface area contributed by atoms with Gasteiger partial charge in [0.1, 0.15) is 5.69 Å². The number of halogens is 1. The number of carbonyl (C=O) groups is 2. The van der Waals surface area contributed by atoms with Crippen molar-refractivity contribution in [1.82, 2.24) is 10.3 Å². The van der Waals surface area contributed by atoms with Gasteiger partial charge in [-0.15, -0.1) is 0 Å². The highest BCUT2D eigenvalue weighted by Crippen LogP contribution is 2.16. The second-order valence-electron chi connectivity index (χ2n) is 6.18. The first-order valence-corrected chi connectivity index (χ1v) is 8.72. The average Bonchev–Trinajstić information content (AvgIpc) is 2.65. The molecule has 2 heterocycles. The standard InChI is InChI=1S/C19H19ClN2O4/c20-15-4-1-12(2-5-15)9-14(19(24)25)10-21-18(23)17-6-3-13-11-26-8-7-16(13)22-17/h1-6,14H,7-11H2,(H,21,23)(H,24,25). The van der Waals surface area contributed by atoms with Gasteiger partial charge in [-0.05, 0) is 35.7 Å². The Morgan fingerprint density at radius 3 is 2.73 bits per heavy atom. The van der Waals surface area contributed by atoms with Crippen LogP contribution in [0.2, 0.25) is 5.02 Å². The zero-order valence-electron chi connectivity index (χ0n) is 14.1. The Morgan fingerprint density at radius 2 is 2.00 bits per heavy atom. The van der Waals surface area contributed by atoms with Crippen LogP contribution < -0.4 is 5.32 Å². The van der Waals surface area contributed by atoms with Crippen molar-refractivity contribution in [2.45, 2.75) is 19.4 Å². The number of amides is 1. The van der Waals surface area contributed by atoms with E-state index in [1.807, 2.05) is 6.07 Å². The number of rotatable bonds is 6. The number of pyridine rings is 1. The third-order valence-electron chi connectivity index (χ3n) is 4.30. The molecule has 1 atom stereocenters. The molecule has 2 N–H and O–H groups in total. The molecule has 0 aliphatic carbocycles. The van der Waals surface area contributed by atoms with Crippen LogP contribution in [0, 0.1) is 5.92 Å². The maximum atomic E-state index is 12.3. The number of carbonyl (C=O) groups excluding carboxylic acids is 1. The number of carboxylic acid groups (broad SMARTS) is 1. The van der Waals surface area contributed by atoms with E-state index in [4.69, 9.17) is 16.3 Å². The van der Waals surface area contributed by atoms with Gasteiger partial charge in [-0.2, -0.15) is 0 Å². The minimum atomic E-state index is -0.962. The van der Waals surface area contributed by atoms with Crippen molar-refractivity contribution in [1.29, 1.82) is 0 Å². The molecule has 1 amide bonds. The fourth-order valence-electron chi connectivity index (χ4n) is 2.81. The summed E-state index contributed by atoms with van der Waals surface area (Å²) in [6.45, 7) is 1.12. The molecule has 1 aliphatic heterocycles. The van der Waals surface area contributed by atoms with Crippen molar-refractivity contribution >= 4 is 23.5 Å². The fourth-order valence-corrected chi connectivity index (χ4v) is 2.94. The molecule has 0 fully saturated rings.